The number of nitrogens with zero attached hydrogens (tertiary/aromatic N) is 3. The highest BCUT2D eigenvalue weighted by atomic mass is 32.2. The van der Waals surface area contributed by atoms with Gasteiger partial charge < -0.3 is 9.63 Å². The van der Waals surface area contributed by atoms with Gasteiger partial charge in [-0.2, -0.15) is 0 Å². The van der Waals surface area contributed by atoms with Gasteiger partial charge in [0.25, 0.3) is 10.0 Å². The zero-order valence-electron chi connectivity index (χ0n) is 16.1. The SMILES string of the molecule is Cc1noc(C)c1-c1cnc2c(C=CC(=O)O)cn(S(=O)(=O)c3ccccc3)c2c1. The number of hydrogen-bond acceptors (Lipinski definition) is 6. The van der Waals surface area contributed by atoms with Crippen molar-refractivity contribution in [1.82, 2.24) is 14.1 Å². The number of carbonyl (C=O) groups is 1. The van der Waals surface area contributed by atoms with Crippen molar-refractivity contribution in [2.45, 2.75) is 18.7 Å². The van der Waals surface area contributed by atoms with Crippen molar-refractivity contribution in [2.75, 3.05) is 0 Å². The summed E-state index contributed by atoms with van der Waals surface area (Å²) in [6, 6.07) is 9.69. The highest BCUT2D eigenvalue weighted by molar-refractivity contribution is 7.90. The lowest BCUT2D eigenvalue weighted by Crippen LogP contribution is -2.11. The Hall–Kier alpha value is -3.72. The van der Waals surface area contributed by atoms with Crippen molar-refractivity contribution in [1.29, 1.82) is 0 Å². The molecule has 3 heterocycles. The van der Waals surface area contributed by atoms with E-state index in [1.165, 1.54) is 24.4 Å². The number of aromatic nitrogens is 3. The molecule has 0 spiro atoms. The van der Waals surface area contributed by atoms with E-state index in [9.17, 15) is 13.2 Å². The molecule has 0 aliphatic carbocycles. The number of carboxylic acids is 1. The summed E-state index contributed by atoms with van der Waals surface area (Å²) in [5.74, 6) is -0.558. The molecular formula is C21H17N3O5S. The maximum Gasteiger partial charge on any atom is 0.328 e. The fraction of sp³-hybridized carbons (Fsp3) is 0.0952. The molecule has 3 aromatic heterocycles. The molecule has 1 N–H and O–H groups in total. The summed E-state index contributed by atoms with van der Waals surface area (Å²) >= 11 is 0. The largest absolute Gasteiger partial charge is 0.478 e. The third kappa shape index (κ3) is 3.29. The first kappa shape index (κ1) is 19.6. The van der Waals surface area contributed by atoms with Crippen LogP contribution in [0, 0.1) is 13.8 Å². The molecule has 152 valence electrons. The van der Waals surface area contributed by atoms with Gasteiger partial charge in [0.1, 0.15) is 5.76 Å². The minimum absolute atomic E-state index is 0.110. The Bertz CT molecular complexity index is 1380. The van der Waals surface area contributed by atoms with E-state index in [1.54, 1.807) is 44.3 Å². The summed E-state index contributed by atoms with van der Waals surface area (Å²) < 4.78 is 32.9. The van der Waals surface area contributed by atoms with Crippen molar-refractivity contribution in [3.05, 3.63) is 71.9 Å². The van der Waals surface area contributed by atoms with Gasteiger partial charge in [0, 0.05) is 35.2 Å². The van der Waals surface area contributed by atoms with Crippen LogP contribution in [-0.2, 0) is 14.8 Å². The number of carboxylic acid groups (broad SMARTS) is 1. The standard InChI is InChI=1S/C21H17N3O5S/c1-13-20(14(2)29-23-13)16-10-18-21(22-11-16)15(8-9-19(25)26)12-24(18)30(27,28)17-6-4-3-5-7-17/h3-12H,1-2H3,(H,25,26). The topological polar surface area (TPSA) is 115 Å². The van der Waals surface area contributed by atoms with Gasteiger partial charge in [0.05, 0.1) is 21.6 Å². The molecule has 0 radical (unpaired) electrons. The van der Waals surface area contributed by atoms with Gasteiger partial charge in [-0.15, -0.1) is 0 Å². The van der Waals surface area contributed by atoms with Gasteiger partial charge >= 0.3 is 5.97 Å². The molecular weight excluding hydrogens is 406 g/mol. The van der Waals surface area contributed by atoms with Gasteiger partial charge in [-0.25, -0.2) is 17.2 Å². The minimum atomic E-state index is -3.93. The zero-order chi connectivity index (χ0) is 21.5. The second-order valence-corrected chi connectivity index (χ2v) is 8.48. The van der Waals surface area contributed by atoms with Crippen LogP contribution in [0.5, 0.6) is 0 Å². The zero-order valence-corrected chi connectivity index (χ0v) is 16.9. The molecule has 0 atom stereocenters. The van der Waals surface area contributed by atoms with E-state index < -0.39 is 16.0 Å². The summed E-state index contributed by atoms with van der Waals surface area (Å²) in [7, 11) is -3.93. The molecule has 0 aliphatic rings. The molecule has 0 saturated heterocycles. The average molecular weight is 423 g/mol. The molecule has 0 bridgehead atoms. The summed E-state index contributed by atoms with van der Waals surface area (Å²) in [4.78, 5) is 15.5. The highest BCUT2D eigenvalue weighted by Gasteiger charge is 2.22. The Balaban J connectivity index is 2.01. The molecule has 9 heteroatoms. The lowest BCUT2D eigenvalue weighted by atomic mass is 10.1. The fourth-order valence-corrected chi connectivity index (χ4v) is 4.70. The number of hydrogen-bond donors (Lipinski definition) is 1. The number of benzene rings is 1. The van der Waals surface area contributed by atoms with Crippen molar-refractivity contribution < 1.29 is 22.8 Å². The van der Waals surface area contributed by atoms with Crippen LogP contribution in [0.25, 0.3) is 28.2 Å². The predicted molar refractivity (Wildman–Crippen MR) is 110 cm³/mol. The normalized spacial score (nSPS) is 12.1. The summed E-state index contributed by atoms with van der Waals surface area (Å²) in [6.45, 7) is 3.55. The molecule has 4 aromatic rings. The average Bonchev–Trinajstić information content (AvgIpc) is 3.26. The van der Waals surface area contributed by atoms with Crippen molar-refractivity contribution >= 4 is 33.1 Å². The molecule has 0 unspecified atom stereocenters. The van der Waals surface area contributed by atoms with Crippen LogP contribution in [0.15, 0.2) is 64.3 Å². The quantitative estimate of drug-likeness (QED) is 0.487. The third-order valence-corrected chi connectivity index (χ3v) is 6.35. The van der Waals surface area contributed by atoms with Gasteiger partial charge in [0.15, 0.2) is 0 Å². The van der Waals surface area contributed by atoms with Crippen LogP contribution in [0.4, 0.5) is 0 Å². The van der Waals surface area contributed by atoms with Crippen molar-refractivity contribution in [2.24, 2.45) is 0 Å². The summed E-state index contributed by atoms with van der Waals surface area (Å²) in [6.07, 6.45) is 5.23. The molecule has 8 nitrogen and oxygen atoms in total. The lowest BCUT2D eigenvalue weighted by molar-refractivity contribution is -0.131. The molecule has 0 fully saturated rings. The highest BCUT2D eigenvalue weighted by Crippen LogP contribution is 2.32. The lowest BCUT2D eigenvalue weighted by Gasteiger charge is -2.08. The molecule has 4 rings (SSSR count). The van der Waals surface area contributed by atoms with Crippen LogP contribution < -0.4 is 0 Å². The van der Waals surface area contributed by atoms with Crippen molar-refractivity contribution in [3.63, 3.8) is 0 Å². The first-order valence-corrected chi connectivity index (χ1v) is 10.4. The van der Waals surface area contributed by atoms with E-state index in [2.05, 4.69) is 10.1 Å². The Kier molecular flexibility index (Phi) is 4.75. The number of fused-ring (bicyclic) bond motifs is 1. The van der Waals surface area contributed by atoms with E-state index in [0.717, 1.165) is 15.6 Å². The number of rotatable bonds is 5. The minimum Gasteiger partial charge on any atom is -0.478 e. The first-order chi connectivity index (χ1) is 14.3. The number of aliphatic carboxylic acids is 1. The molecule has 0 amide bonds. The number of pyridine rings is 1. The van der Waals surface area contributed by atoms with E-state index in [-0.39, 0.29) is 4.90 Å². The van der Waals surface area contributed by atoms with Crippen LogP contribution in [0.2, 0.25) is 0 Å². The molecule has 0 aliphatic heterocycles. The van der Waals surface area contributed by atoms with E-state index in [0.29, 0.717) is 33.6 Å². The molecule has 1 aromatic carbocycles. The van der Waals surface area contributed by atoms with Gasteiger partial charge in [0.2, 0.25) is 0 Å². The Morgan fingerprint density at radius 1 is 1.20 bits per heavy atom. The van der Waals surface area contributed by atoms with E-state index >= 15 is 0 Å². The number of aryl methyl sites for hydroxylation is 2. The van der Waals surface area contributed by atoms with E-state index in [4.69, 9.17) is 9.63 Å². The summed E-state index contributed by atoms with van der Waals surface area (Å²) in [5, 5.41) is 12.9. The maximum atomic E-state index is 13.3. The predicted octanol–water partition coefficient (Wildman–Crippen LogP) is 3.64. The fourth-order valence-electron chi connectivity index (χ4n) is 3.32. The second kappa shape index (κ2) is 7.27. The first-order valence-electron chi connectivity index (χ1n) is 8.95. The smallest absolute Gasteiger partial charge is 0.328 e. The van der Waals surface area contributed by atoms with Crippen LogP contribution in [0.1, 0.15) is 17.0 Å². The Labute approximate surface area is 172 Å². The second-order valence-electron chi connectivity index (χ2n) is 6.66. The maximum absolute atomic E-state index is 13.3. The van der Waals surface area contributed by atoms with Crippen LogP contribution >= 0.6 is 0 Å². The van der Waals surface area contributed by atoms with Gasteiger partial charge in [-0.1, -0.05) is 23.4 Å². The monoisotopic (exact) mass is 423 g/mol. The van der Waals surface area contributed by atoms with Gasteiger partial charge in [-0.05, 0) is 38.1 Å². The molecule has 0 saturated carbocycles. The molecule has 30 heavy (non-hydrogen) atoms. The Morgan fingerprint density at radius 3 is 2.57 bits per heavy atom. The van der Waals surface area contributed by atoms with E-state index in [1.807, 2.05) is 0 Å². The van der Waals surface area contributed by atoms with Crippen LogP contribution in [-0.4, -0.2) is 33.6 Å². The summed E-state index contributed by atoms with van der Waals surface area (Å²) in [5.41, 5.74) is 3.09. The van der Waals surface area contributed by atoms with Crippen molar-refractivity contribution in [3.8, 4) is 11.1 Å². The Morgan fingerprint density at radius 2 is 1.93 bits per heavy atom. The third-order valence-electron chi connectivity index (χ3n) is 4.66. The van der Waals surface area contributed by atoms with Gasteiger partial charge in [-0.3, -0.25) is 4.98 Å². The van der Waals surface area contributed by atoms with Crippen LogP contribution in [0.3, 0.4) is 0 Å².